The molecule has 1 saturated carbocycles. The van der Waals surface area contributed by atoms with Crippen LogP contribution in [-0.4, -0.2) is 19.7 Å². The van der Waals surface area contributed by atoms with Crippen LogP contribution in [0.4, 0.5) is 0 Å². The Morgan fingerprint density at radius 2 is 2.05 bits per heavy atom. The van der Waals surface area contributed by atoms with E-state index in [4.69, 9.17) is 4.74 Å². The molecule has 0 bridgehead atoms. The second-order valence-corrected chi connectivity index (χ2v) is 6.16. The zero-order valence-electron chi connectivity index (χ0n) is 11.7. The van der Waals surface area contributed by atoms with Crippen molar-refractivity contribution in [3.63, 3.8) is 0 Å². The fourth-order valence-corrected chi connectivity index (χ4v) is 3.24. The SMILES string of the molecule is CCNCC(OCC1CCCC1)c1ccccc1Br. The lowest BCUT2D eigenvalue weighted by Crippen LogP contribution is -2.24. The second-order valence-electron chi connectivity index (χ2n) is 5.30. The molecule has 1 N–H and O–H groups in total. The van der Waals surface area contributed by atoms with Gasteiger partial charge in [-0.1, -0.05) is 53.9 Å². The quantitative estimate of drug-likeness (QED) is 0.806. The van der Waals surface area contributed by atoms with Gasteiger partial charge in [0.1, 0.15) is 0 Å². The predicted octanol–water partition coefficient (Wildman–Crippen LogP) is 4.31. The van der Waals surface area contributed by atoms with E-state index < -0.39 is 0 Å². The number of rotatable bonds is 7. The standard InChI is InChI=1S/C16H24BrNO/c1-2-18-11-16(14-9-5-6-10-15(14)17)19-12-13-7-3-4-8-13/h5-6,9-10,13,16,18H,2-4,7-8,11-12H2,1H3. The Hall–Kier alpha value is -0.380. The molecule has 2 nitrogen and oxygen atoms in total. The highest BCUT2D eigenvalue weighted by Crippen LogP contribution is 2.29. The molecule has 2 rings (SSSR count). The van der Waals surface area contributed by atoms with Gasteiger partial charge in [-0.2, -0.15) is 0 Å². The van der Waals surface area contributed by atoms with Crippen molar-refractivity contribution in [2.45, 2.75) is 38.7 Å². The molecule has 19 heavy (non-hydrogen) atoms. The topological polar surface area (TPSA) is 21.3 Å². The lowest BCUT2D eigenvalue weighted by Gasteiger charge is -2.22. The van der Waals surface area contributed by atoms with Crippen molar-refractivity contribution in [2.75, 3.05) is 19.7 Å². The summed E-state index contributed by atoms with van der Waals surface area (Å²) in [5.41, 5.74) is 1.25. The summed E-state index contributed by atoms with van der Waals surface area (Å²) in [6.07, 6.45) is 5.58. The maximum absolute atomic E-state index is 6.20. The van der Waals surface area contributed by atoms with E-state index in [0.29, 0.717) is 0 Å². The van der Waals surface area contributed by atoms with Crippen molar-refractivity contribution >= 4 is 15.9 Å². The van der Waals surface area contributed by atoms with E-state index >= 15 is 0 Å². The summed E-state index contributed by atoms with van der Waals surface area (Å²) in [5.74, 6) is 0.770. The third-order valence-corrected chi connectivity index (χ3v) is 4.56. The molecular formula is C16H24BrNO. The third-order valence-electron chi connectivity index (χ3n) is 3.84. The Morgan fingerprint density at radius 1 is 1.32 bits per heavy atom. The third kappa shape index (κ3) is 4.59. The molecule has 106 valence electrons. The normalized spacial score (nSPS) is 17.8. The molecule has 1 aromatic carbocycles. The summed E-state index contributed by atoms with van der Waals surface area (Å²) in [6, 6.07) is 8.38. The van der Waals surface area contributed by atoms with Crippen molar-refractivity contribution in [2.24, 2.45) is 5.92 Å². The molecule has 1 aromatic rings. The van der Waals surface area contributed by atoms with Gasteiger partial charge < -0.3 is 10.1 Å². The first-order valence-corrected chi connectivity index (χ1v) is 8.17. The Balaban J connectivity index is 1.96. The largest absolute Gasteiger partial charge is 0.372 e. The molecule has 1 fully saturated rings. The van der Waals surface area contributed by atoms with Crippen molar-refractivity contribution < 1.29 is 4.74 Å². The lowest BCUT2D eigenvalue weighted by atomic mass is 10.1. The van der Waals surface area contributed by atoms with Crippen molar-refractivity contribution in [3.05, 3.63) is 34.3 Å². The number of ether oxygens (including phenoxy) is 1. The fourth-order valence-electron chi connectivity index (χ4n) is 2.70. The van der Waals surface area contributed by atoms with E-state index in [1.807, 2.05) is 0 Å². The number of hydrogen-bond acceptors (Lipinski definition) is 2. The molecule has 3 heteroatoms. The van der Waals surface area contributed by atoms with E-state index in [-0.39, 0.29) is 6.10 Å². The first-order valence-electron chi connectivity index (χ1n) is 7.38. The van der Waals surface area contributed by atoms with Crippen molar-refractivity contribution in [1.29, 1.82) is 0 Å². The van der Waals surface area contributed by atoms with Gasteiger partial charge in [-0.25, -0.2) is 0 Å². The van der Waals surface area contributed by atoms with Gasteiger partial charge in [0.2, 0.25) is 0 Å². The molecule has 1 aliphatic carbocycles. The van der Waals surface area contributed by atoms with Crippen molar-refractivity contribution in [3.8, 4) is 0 Å². The highest BCUT2D eigenvalue weighted by molar-refractivity contribution is 9.10. The highest BCUT2D eigenvalue weighted by Gasteiger charge is 2.19. The number of benzene rings is 1. The molecule has 0 aliphatic heterocycles. The summed E-state index contributed by atoms with van der Waals surface area (Å²) < 4.78 is 7.35. The summed E-state index contributed by atoms with van der Waals surface area (Å²) in [6.45, 7) is 4.89. The van der Waals surface area contributed by atoms with Gasteiger partial charge >= 0.3 is 0 Å². The van der Waals surface area contributed by atoms with Crippen LogP contribution in [0.5, 0.6) is 0 Å². The van der Waals surface area contributed by atoms with Gasteiger partial charge in [-0.3, -0.25) is 0 Å². The summed E-state index contributed by atoms with van der Waals surface area (Å²) in [4.78, 5) is 0. The number of halogens is 1. The van der Waals surface area contributed by atoms with E-state index in [2.05, 4.69) is 52.4 Å². The van der Waals surface area contributed by atoms with Crippen LogP contribution >= 0.6 is 15.9 Å². The number of hydrogen-bond donors (Lipinski definition) is 1. The van der Waals surface area contributed by atoms with E-state index in [1.165, 1.54) is 31.2 Å². The van der Waals surface area contributed by atoms with Gasteiger partial charge in [0.15, 0.2) is 0 Å². The number of likely N-dealkylation sites (N-methyl/N-ethyl adjacent to an activating group) is 1. The van der Waals surface area contributed by atoms with E-state index in [0.717, 1.165) is 30.1 Å². The van der Waals surface area contributed by atoms with Crippen LogP contribution in [0.25, 0.3) is 0 Å². The Bertz CT molecular complexity index is 377. The zero-order chi connectivity index (χ0) is 13.5. The first kappa shape index (κ1) is 15.0. The molecule has 1 aliphatic rings. The van der Waals surface area contributed by atoms with Crippen LogP contribution in [0, 0.1) is 5.92 Å². The Kier molecular flexibility index (Phi) is 6.35. The first-order chi connectivity index (χ1) is 9.31. The van der Waals surface area contributed by atoms with Crippen LogP contribution < -0.4 is 5.32 Å². The van der Waals surface area contributed by atoms with E-state index in [1.54, 1.807) is 0 Å². The minimum absolute atomic E-state index is 0.149. The highest BCUT2D eigenvalue weighted by atomic mass is 79.9. The van der Waals surface area contributed by atoms with Gasteiger partial charge in [0.25, 0.3) is 0 Å². The van der Waals surface area contributed by atoms with Gasteiger partial charge in [0, 0.05) is 11.0 Å². The van der Waals surface area contributed by atoms with Crippen LogP contribution in [0.1, 0.15) is 44.3 Å². The molecule has 0 saturated heterocycles. The number of nitrogens with one attached hydrogen (secondary N) is 1. The van der Waals surface area contributed by atoms with Gasteiger partial charge in [-0.15, -0.1) is 0 Å². The maximum atomic E-state index is 6.20. The van der Waals surface area contributed by atoms with Crippen molar-refractivity contribution in [1.82, 2.24) is 5.32 Å². The molecule has 0 amide bonds. The Labute approximate surface area is 125 Å². The summed E-state index contributed by atoms with van der Waals surface area (Å²) >= 11 is 3.63. The molecule has 1 unspecified atom stereocenters. The lowest BCUT2D eigenvalue weighted by molar-refractivity contribution is 0.0294. The minimum Gasteiger partial charge on any atom is -0.372 e. The molecule has 0 heterocycles. The smallest absolute Gasteiger partial charge is 0.0960 e. The summed E-state index contributed by atoms with van der Waals surface area (Å²) in [7, 11) is 0. The molecule has 0 spiro atoms. The Morgan fingerprint density at radius 3 is 2.74 bits per heavy atom. The van der Waals surface area contributed by atoms with E-state index in [9.17, 15) is 0 Å². The molecule has 0 aromatic heterocycles. The zero-order valence-corrected chi connectivity index (χ0v) is 13.3. The van der Waals surface area contributed by atoms with Gasteiger partial charge in [0.05, 0.1) is 12.7 Å². The monoisotopic (exact) mass is 325 g/mol. The average Bonchev–Trinajstić information content (AvgIpc) is 2.93. The van der Waals surface area contributed by atoms with Crippen LogP contribution in [0.2, 0.25) is 0 Å². The van der Waals surface area contributed by atoms with Gasteiger partial charge in [-0.05, 0) is 36.9 Å². The maximum Gasteiger partial charge on any atom is 0.0960 e. The fraction of sp³-hybridized carbons (Fsp3) is 0.625. The molecular weight excluding hydrogens is 302 g/mol. The second kappa shape index (κ2) is 8.03. The van der Waals surface area contributed by atoms with Crippen LogP contribution in [-0.2, 0) is 4.74 Å². The van der Waals surface area contributed by atoms with Crippen LogP contribution in [0.3, 0.4) is 0 Å². The molecule has 1 atom stereocenters. The minimum atomic E-state index is 0.149. The van der Waals surface area contributed by atoms with Crippen LogP contribution in [0.15, 0.2) is 28.7 Å². The summed E-state index contributed by atoms with van der Waals surface area (Å²) in [5, 5.41) is 3.40. The predicted molar refractivity (Wildman–Crippen MR) is 83.3 cm³/mol. The average molecular weight is 326 g/mol. The molecule has 0 radical (unpaired) electrons.